The smallest absolute Gasteiger partial charge is 0.253 e. The molecule has 3 unspecified atom stereocenters. The predicted molar refractivity (Wildman–Crippen MR) is 110 cm³/mol. The molecule has 1 aliphatic rings. The van der Waals surface area contributed by atoms with Crippen LogP contribution in [-0.4, -0.2) is 52.5 Å². The number of hydroxylamine groups is 2. The second-order valence-corrected chi connectivity index (χ2v) is 7.86. The number of rotatable bonds is 10. The Balaban J connectivity index is 1.99. The molecule has 0 aliphatic carbocycles. The third-order valence-corrected chi connectivity index (χ3v) is 4.95. The van der Waals surface area contributed by atoms with Gasteiger partial charge in [-0.15, -0.1) is 5.06 Å². The Bertz CT molecular complexity index is 703. The van der Waals surface area contributed by atoms with E-state index in [1.165, 1.54) is 11.4 Å². The second-order valence-electron chi connectivity index (χ2n) is 7.42. The van der Waals surface area contributed by atoms with Crippen LogP contribution in [0.3, 0.4) is 0 Å². The van der Waals surface area contributed by atoms with Crippen molar-refractivity contribution in [3.05, 3.63) is 28.8 Å². The molecule has 3 atom stereocenters. The molecule has 1 heterocycles. The number of halogens is 1. The van der Waals surface area contributed by atoms with E-state index in [0.29, 0.717) is 30.4 Å². The van der Waals surface area contributed by atoms with Gasteiger partial charge in [-0.05, 0) is 43.4 Å². The largest absolute Gasteiger partial charge is 0.389 e. The summed E-state index contributed by atoms with van der Waals surface area (Å²) in [5, 5.41) is 25.2. The van der Waals surface area contributed by atoms with Crippen molar-refractivity contribution in [2.45, 2.75) is 58.0 Å². The molecule has 1 saturated heterocycles. The summed E-state index contributed by atoms with van der Waals surface area (Å²) in [4.78, 5) is 21.1. The van der Waals surface area contributed by atoms with Gasteiger partial charge in [0.05, 0.1) is 12.7 Å². The lowest BCUT2D eigenvalue weighted by atomic mass is 10.0. The Morgan fingerprint density at radius 2 is 2.21 bits per heavy atom. The predicted octanol–water partition coefficient (Wildman–Crippen LogP) is -0.719. The average Bonchev–Trinajstić information content (AvgIpc) is 3.18. The van der Waals surface area contributed by atoms with Crippen LogP contribution in [-0.2, 0) is 16.2 Å². The Hall–Kier alpha value is -1.75. The highest BCUT2D eigenvalue weighted by molar-refractivity contribution is 6.30. The van der Waals surface area contributed by atoms with Crippen LogP contribution in [0.5, 0.6) is 0 Å². The van der Waals surface area contributed by atoms with E-state index >= 15 is 0 Å². The molecular weight excluding hydrogens is 398 g/mol. The first-order valence-corrected chi connectivity index (χ1v) is 10.1. The van der Waals surface area contributed by atoms with Crippen molar-refractivity contribution >= 4 is 29.5 Å². The summed E-state index contributed by atoms with van der Waals surface area (Å²) in [5.41, 5.74) is 3.88. The maximum Gasteiger partial charge on any atom is 0.253 e. The molecule has 9 nitrogen and oxygen atoms in total. The Morgan fingerprint density at radius 1 is 1.45 bits per heavy atom. The summed E-state index contributed by atoms with van der Waals surface area (Å²) >= 11 is 6.06. The first-order chi connectivity index (χ1) is 13.8. The zero-order valence-electron chi connectivity index (χ0n) is 16.8. The number of nitrogens with zero attached hydrogens (tertiary/aromatic N) is 1. The van der Waals surface area contributed by atoms with Crippen LogP contribution in [0.4, 0.5) is 5.69 Å². The molecule has 10 heteroatoms. The van der Waals surface area contributed by atoms with Gasteiger partial charge in [0.25, 0.3) is 6.34 Å². The van der Waals surface area contributed by atoms with Crippen molar-refractivity contribution < 1.29 is 24.8 Å². The maximum atomic E-state index is 12.7. The summed E-state index contributed by atoms with van der Waals surface area (Å²) in [6.07, 6.45) is 0.814. The van der Waals surface area contributed by atoms with E-state index in [1.807, 2.05) is 13.8 Å². The van der Waals surface area contributed by atoms with E-state index in [1.54, 1.807) is 18.2 Å². The zero-order valence-corrected chi connectivity index (χ0v) is 17.5. The quantitative estimate of drug-likeness (QED) is 0.125. The minimum Gasteiger partial charge on any atom is -0.389 e. The van der Waals surface area contributed by atoms with Crippen molar-refractivity contribution in [2.24, 2.45) is 11.8 Å². The summed E-state index contributed by atoms with van der Waals surface area (Å²) < 4.78 is 0. The molecule has 0 bridgehead atoms. The van der Waals surface area contributed by atoms with Crippen molar-refractivity contribution in [1.82, 2.24) is 15.8 Å². The number of nitrogens with one attached hydrogen (secondary N) is 3. The van der Waals surface area contributed by atoms with Gasteiger partial charge in [0.1, 0.15) is 11.7 Å². The Labute approximate surface area is 175 Å². The van der Waals surface area contributed by atoms with Crippen LogP contribution >= 0.6 is 11.6 Å². The Kier molecular flexibility index (Phi) is 9.28. The molecule has 1 amide bonds. The van der Waals surface area contributed by atoms with Crippen LogP contribution in [0.25, 0.3) is 0 Å². The number of amides is 1. The van der Waals surface area contributed by atoms with E-state index in [0.717, 1.165) is 17.7 Å². The normalized spacial score (nSPS) is 19.6. The fourth-order valence-corrected chi connectivity index (χ4v) is 3.28. The Morgan fingerprint density at radius 3 is 2.90 bits per heavy atom. The molecule has 7 N–H and O–H groups in total. The van der Waals surface area contributed by atoms with Crippen molar-refractivity contribution in [1.29, 1.82) is 0 Å². The molecule has 162 valence electrons. The molecule has 1 aliphatic heterocycles. The molecule has 0 spiro atoms. The number of carbonyl (C=O) groups is 1. The number of nitrogens with two attached hydrogens (primary N) is 1. The highest BCUT2D eigenvalue weighted by Gasteiger charge is 2.39. The third-order valence-electron chi connectivity index (χ3n) is 4.72. The lowest BCUT2D eigenvalue weighted by Crippen LogP contribution is -2.65. The minimum absolute atomic E-state index is 0.219. The van der Waals surface area contributed by atoms with E-state index in [-0.39, 0.29) is 12.5 Å². The minimum atomic E-state index is -1.26. The SMILES string of the molecule is CC(C)CCC(O)C(O)N1OCCC1C(=O)NCc1cc(Cl)ccc1[NH+]=CNN. The van der Waals surface area contributed by atoms with Crippen LogP contribution in [0.1, 0.15) is 38.7 Å². The lowest BCUT2D eigenvalue weighted by molar-refractivity contribution is -0.351. The molecular formula is C19H31ClN5O4+. The number of hydrogen-bond acceptors (Lipinski definition) is 6. The van der Waals surface area contributed by atoms with Gasteiger partial charge in [-0.25, -0.2) is 10.4 Å². The van der Waals surface area contributed by atoms with Gasteiger partial charge < -0.3 is 15.5 Å². The third kappa shape index (κ3) is 6.91. The van der Waals surface area contributed by atoms with Gasteiger partial charge in [0, 0.05) is 17.1 Å². The monoisotopic (exact) mass is 428 g/mol. The van der Waals surface area contributed by atoms with E-state index < -0.39 is 18.4 Å². The molecule has 29 heavy (non-hydrogen) atoms. The molecule has 2 rings (SSSR count). The van der Waals surface area contributed by atoms with Gasteiger partial charge in [-0.2, -0.15) is 5.84 Å². The van der Waals surface area contributed by atoms with E-state index in [9.17, 15) is 15.0 Å². The highest BCUT2D eigenvalue weighted by atomic mass is 35.5. The summed E-state index contributed by atoms with van der Waals surface area (Å²) in [6.45, 7) is 4.60. The van der Waals surface area contributed by atoms with E-state index in [4.69, 9.17) is 22.3 Å². The first-order valence-electron chi connectivity index (χ1n) is 9.71. The van der Waals surface area contributed by atoms with Crippen molar-refractivity contribution in [2.75, 3.05) is 6.61 Å². The van der Waals surface area contributed by atoms with Crippen molar-refractivity contribution in [3.8, 4) is 0 Å². The van der Waals surface area contributed by atoms with Crippen molar-refractivity contribution in [3.63, 3.8) is 0 Å². The van der Waals surface area contributed by atoms with Gasteiger partial charge in [0.15, 0.2) is 6.23 Å². The number of hydrogen-bond donors (Lipinski definition) is 6. The topological polar surface area (TPSA) is 134 Å². The molecule has 1 aromatic rings. The molecule has 0 aromatic heterocycles. The summed E-state index contributed by atoms with van der Waals surface area (Å²) in [5.74, 6) is 5.34. The maximum absolute atomic E-state index is 12.7. The van der Waals surface area contributed by atoms with Gasteiger partial charge >= 0.3 is 0 Å². The van der Waals surface area contributed by atoms with E-state index in [2.05, 4.69) is 15.7 Å². The van der Waals surface area contributed by atoms with Gasteiger partial charge in [-0.3, -0.25) is 9.63 Å². The van der Waals surface area contributed by atoms with Crippen LogP contribution in [0, 0.1) is 5.92 Å². The fourth-order valence-electron chi connectivity index (χ4n) is 3.09. The average molecular weight is 429 g/mol. The van der Waals surface area contributed by atoms with Gasteiger partial charge in [0.2, 0.25) is 5.91 Å². The number of aliphatic hydroxyl groups excluding tert-OH is 2. The molecule has 1 aromatic carbocycles. The number of aliphatic hydroxyl groups is 2. The fraction of sp³-hybridized carbons (Fsp3) is 0.579. The first kappa shape index (κ1) is 23.5. The van der Waals surface area contributed by atoms with Crippen LogP contribution in [0.2, 0.25) is 5.02 Å². The molecule has 1 fully saturated rings. The van der Waals surface area contributed by atoms with Crippen LogP contribution < -0.4 is 21.6 Å². The number of carbonyl (C=O) groups excluding carboxylic acids is 1. The lowest BCUT2D eigenvalue weighted by Gasteiger charge is -2.30. The second kappa shape index (κ2) is 11.4. The summed E-state index contributed by atoms with van der Waals surface area (Å²) in [7, 11) is 0. The number of benzene rings is 1. The number of hydrazine groups is 1. The highest BCUT2D eigenvalue weighted by Crippen LogP contribution is 2.22. The molecule has 0 saturated carbocycles. The standard InChI is InChI=1S/C19H30ClN5O4/c1-12(2)3-6-17(26)19(28)25-16(7-8-29-25)18(27)22-10-13-9-14(20)4-5-15(13)23-11-24-21/h4-5,9,11-12,16-17,19,26,28H,3,6-8,10,21H2,1-2H3,(H,22,27)(H,23,24)/p+1. The summed E-state index contributed by atoms with van der Waals surface area (Å²) in [6, 6.07) is 4.55. The molecule has 0 radical (unpaired) electrons. The van der Waals surface area contributed by atoms with Crippen LogP contribution in [0.15, 0.2) is 18.2 Å². The zero-order chi connectivity index (χ0) is 21.4. The van der Waals surface area contributed by atoms with Gasteiger partial charge in [-0.1, -0.05) is 25.4 Å².